The van der Waals surface area contributed by atoms with E-state index in [-0.39, 0.29) is 47.8 Å². The molecule has 4 unspecified atom stereocenters. The maximum Gasteiger partial charge on any atom is 0.343 e. The number of amides is 2. The van der Waals surface area contributed by atoms with Crippen molar-refractivity contribution in [2.75, 3.05) is 20.8 Å². The average Bonchev–Trinajstić information content (AvgIpc) is 3.03. The van der Waals surface area contributed by atoms with Crippen molar-refractivity contribution >= 4 is 17.8 Å². The summed E-state index contributed by atoms with van der Waals surface area (Å²) in [5.41, 5.74) is 2.23. The van der Waals surface area contributed by atoms with Gasteiger partial charge in [0.1, 0.15) is 11.5 Å². The monoisotopic (exact) mass is 467 g/mol. The summed E-state index contributed by atoms with van der Waals surface area (Å²) in [5.74, 6) is -0.0800. The zero-order chi connectivity index (χ0) is 24.8. The van der Waals surface area contributed by atoms with E-state index in [9.17, 15) is 19.5 Å². The first-order valence-corrected chi connectivity index (χ1v) is 11.6. The first-order valence-electron chi connectivity index (χ1n) is 11.6. The fourth-order valence-electron chi connectivity index (χ4n) is 4.63. The summed E-state index contributed by atoms with van der Waals surface area (Å²) in [6.45, 7) is 3.82. The Labute approximate surface area is 200 Å². The summed E-state index contributed by atoms with van der Waals surface area (Å²) >= 11 is 0. The Morgan fingerprint density at radius 3 is 2.21 bits per heavy atom. The normalized spacial score (nSPS) is 19.7. The van der Waals surface area contributed by atoms with Crippen molar-refractivity contribution in [3.8, 4) is 11.5 Å². The van der Waals surface area contributed by atoms with Crippen molar-refractivity contribution < 1.29 is 29.0 Å². The van der Waals surface area contributed by atoms with Gasteiger partial charge in [0.25, 0.3) is 0 Å². The lowest BCUT2D eigenvalue weighted by Gasteiger charge is -2.24. The third-order valence-electron chi connectivity index (χ3n) is 6.83. The van der Waals surface area contributed by atoms with E-state index in [0.29, 0.717) is 12.2 Å². The number of benzene rings is 2. The summed E-state index contributed by atoms with van der Waals surface area (Å²) < 4.78 is 10.1. The molecule has 1 saturated heterocycles. The van der Waals surface area contributed by atoms with E-state index in [2.05, 4.69) is 11.7 Å². The van der Waals surface area contributed by atoms with E-state index in [1.165, 1.54) is 12.0 Å². The third-order valence-corrected chi connectivity index (χ3v) is 6.83. The van der Waals surface area contributed by atoms with Crippen molar-refractivity contribution in [3.63, 3.8) is 0 Å². The molecule has 182 valence electrons. The van der Waals surface area contributed by atoms with Gasteiger partial charge in [-0.3, -0.25) is 14.5 Å². The van der Waals surface area contributed by atoms with Crippen molar-refractivity contribution in [2.45, 2.75) is 44.9 Å². The van der Waals surface area contributed by atoms with Crippen molar-refractivity contribution in [3.05, 3.63) is 59.7 Å². The number of carbonyl (C=O) groups excluding carboxylic acids is 3. The lowest BCUT2D eigenvalue weighted by atomic mass is 9.80. The predicted molar refractivity (Wildman–Crippen MR) is 127 cm³/mol. The highest BCUT2D eigenvalue weighted by atomic mass is 16.6. The van der Waals surface area contributed by atoms with E-state index in [1.54, 1.807) is 19.2 Å². The summed E-state index contributed by atoms with van der Waals surface area (Å²) in [6.07, 6.45) is 2.22. The molecule has 0 aliphatic carbocycles. The Morgan fingerprint density at radius 1 is 1.03 bits per heavy atom. The molecule has 1 N–H and O–H groups in total. The van der Waals surface area contributed by atoms with Crippen LogP contribution in [0.5, 0.6) is 11.5 Å². The largest absolute Gasteiger partial charge is 0.508 e. The molecule has 1 fully saturated rings. The van der Waals surface area contributed by atoms with E-state index >= 15 is 0 Å². The number of hydrogen-bond donors (Lipinski definition) is 1. The third kappa shape index (κ3) is 5.95. The van der Waals surface area contributed by atoms with Crippen molar-refractivity contribution in [1.29, 1.82) is 0 Å². The number of ether oxygens (including phenoxy) is 2. The fourth-order valence-corrected chi connectivity index (χ4v) is 4.63. The highest BCUT2D eigenvalue weighted by Crippen LogP contribution is 2.37. The summed E-state index contributed by atoms with van der Waals surface area (Å²) in [6, 6.07) is 14.9. The van der Waals surface area contributed by atoms with Gasteiger partial charge in [0, 0.05) is 18.9 Å². The highest BCUT2D eigenvalue weighted by molar-refractivity contribution is 6.04. The van der Waals surface area contributed by atoms with Crippen LogP contribution in [0.15, 0.2) is 48.5 Å². The molecule has 2 amide bonds. The van der Waals surface area contributed by atoms with Crippen molar-refractivity contribution in [2.24, 2.45) is 11.8 Å². The maximum atomic E-state index is 12.6. The Morgan fingerprint density at radius 2 is 1.65 bits per heavy atom. The first kappa shape index (κ1) is 25.3. The number of methoxy groups -OCH3 is 1. The van der Waals surface area contributed by atoms with Crippen LogP contribution in [0.4, 0.5) is 0 Å². The van der Waals surface area contributed by atoms with Gasteiger partial charge in [-0.1, -0.05) is 38.1 Å². The second-order valence-corrected chi connectivity index (χ2v) is 9.07. The molecule has 2 aromatic rings. The van der Waals surface area contributed by atoms with Gasteiger partial charge in [-0.25, -0.2) is 4.79 Å². The lowest BCUT2D eigenvalue weighted by molar-refractivity contribution is -0.143. The van der Waals surface area contributed by atoms with Gasteiger partial charge in [0.2, 0.25) is 11.8 Å². The standard InChI is InChI=1S/C27H33NO6/c1-17(19-5-10-22(29)11-6-19)15-21(9-14-24-18(2)26(31)28(3)27(24)32)20-7-12-23(13-8-20)34-16-25(30)33-4/h5-8,10-13,17-18,21,24,29H,9,14-16H2,1-4H3. The molecule has 3 rings (SSSR count). The quantitative estimate of drug-likeness (QED) is 0.415. The first-order chi connectivity index (χ1) is 16.2. The molecule has 2 aromatic carbocycles. The number of carbonyl (C=O) groups is 3. The minimum Gasteiger partial charge on any atom is -0.508 e. The molecule has 4 atom stereocenters. The second-order valence-electron chi connectivity index (χ2n) is 9.07. The summed E-state index contributed by atoms with van der Waals surface area (Å²) in [7, 11) is 2.87. The molecule has 7 heteroatoms. The molecule has 1 heterocycles. The van der Waals surface area contributed by atoms with E-state index in [1.807, 2.05) is 43.3 Å². The molecule has 7 nitrogen and oxygen atoms in total. The lowest BCUT2D eigenvalue weighted by Crippen LogP contribution is -2.26. The second kappa shape index (κ2) is 11.2. The molecule has 1 aliphatic rings. The molecular weight excluding hydrogens is 434 g/mol. The van der Waals surface area contributed by atoms with E-state index in [0.717, 1.165) is 24.0 Å². The minimum absolute atomic E-state index is 0.102. The smallest absolute Gasteiger partial charge is 0.343 e. The van der Waals surface area contributed by atoms with E-state index < -0.39 is 5.97 Å². The Kier molecular flexibility index (Phi) is 8.31. The molecule has 34 heavy (non-hydrogen) atoms. The molecule has 0 radical (unpaired) electrons. The van der Waals surface area contributed by atoms with E-state index in [4.69, 9.17) is 4.74 Å². The molecule has 0 saturated carbocycles. The Hall–Kier alpha value is -3.35. The molecule has 1 aliphatic heterocycles. The topological polar surface area (TPSA) is 93.1 Å². The van der Waals surface area contributed by atoms with Gasteiger partial charge in [0.15, 0.2) is 6.61 Å². The van der Waals surface area contributed by atoms with Crippen LogP contribution in [0.3, 0.4) is 0 Å². The Bertz CT molecular complexity index is 1000. The molecule has 0 bridgehead atoms. The number of phenols is 1. The number of nitrogens with zero attached hydrogens (tertiary/aromatic N) is 1. The number of phenolic OH excluding ortho intramolecular Hbond substituents is 1. The minimum atomic E-state index is -0.445. The molecule has 0 aromatic heterocycles. The fraction of sp³-hybridized carbons (Fsp3) is 0.444. The van der Waals surface area contributed by atoms with Crippen LogP contribution in [0.1, 0.15) is 56.1 Å². The van der Waals surface area contributed by atoms with Crippen LogP contribution in [-0.2, 0) is 19.1 Å². The summed E-state index contributed by atoms with van der Waals surface area (Å²) in [4.78, 5) is 37.4. The van der Waals surface area contributed by atoms with Gasteiger partial charge in [-0.2, -0.15) is 0 Å². The molecule has 0 spiro atoms. The maximum absolute atomic E-state index is 12.6. The zero-order valence-electron chi connectivity index (χ0n) is 20.2. The van der Waals surface area contributed by atoms with Crippen LogP contribution in [-0.4, -0.2) is 48.6 Å². The number of likely N-dealkylation sites (tertiary alicyclic amines) is 1. The van der Waals surface area contributed by atoms with Crippen molar-refractivity contribution in [1.82, 2.24) is 4.90 Å². The van der Waals surface area contributed by atoms with Crippen LogP contribution in [0.2, 0.25) is 0 Å². The van der Waals surface area contributed by atoms with Crippen LogP contribution in [0, 0.1) is 11.8 Å². The van der Waals surface area contributed by atoms with Gasteiger partial charge in [-0.05, 0) is 66.5 Å². The summed E-state index contributed by atoms with van der Waals surface area (Å²) in [5, 5.41) is 9.61. The number of aromatic hydroxyl groups is 1. The van der Waals surface area contributed by atoms with Crippen LogP contribution < -0.4 is 4.74 Å². The highest BCUT2D eigenvalue weighted by Gasteiger charge is 2.42. The van der Waals surface area contributed by atoms with Crippen LogP contribution in [0.25, 0.3) is 0 Å². The number of imide groups is 1. The predicted octanol–water partition coefficient (Wildman–Crippen LogP) is 4.25. The Balaban J connectivity index is 1.75. The number of hydrogen-bond acceptors (Lipinski definition) is 6. The molecular formula is C27H33NO6. The average molecular weight is 468 g/mol. The zero-order valence-corrected chi connectivity index (χ0v) is 20.2. The van der Waals surface area contributed by atoms with Crippen LogP contribution >= 0.6 is 0 Å². The van der Waals surface area contributed by atoms with Gasteiger partial charge >= 0.3 is 5.97 Å². The van der Waals surface area contributed by atoms with Gasteiger partial charge in [-0.15, -0.1) is 0 Å². The van der Waals surface area contributed by atoms with Gasteiger partial charge in [0.05, 0.1) is 7.11 Å². The number of rotatable bonds is 10. The van der Waals surface area contributed by atoms with Gasteiger partial charge < -0.3 is 14.6 Å². The SMILES string of the molecule is COC(=O)COc1ccc(C(CCC2C(=O)N(C)C(=O)C2C)CC(C)c2ccc(O)cc2)cc1. The number of esters is 1.